The normalized spacial score (nSPS) is 28.8. The number of aliphatic hydroxyl groups is 2. The first-order chi connectivity index (χ1) is 10.7. The zero-order chi connectivity index (χ0) is 15.4. The van der Waals surface area contributed by atoms with Gasteiger partial charge in [0, 0.05) is 49.7 Å². The average Bonchev–Trinajstić information content (AvgIpc) is 2.86. The van der Waals surface area contributed by atoms with Gasteiger partial charge in [-0.2, -0.15) is 0 Å². The highest BCUT2D eigenvalue weighted by Crippen LogP contribution is 2.48. The molecule has 1 saturated carbocycles. The van der Waals surface area contributed by atoms with Gasteiger partial charge in [-0.05, 0) is 37.7 Å². The predicted octanol–water partition coefficient (Wildman–Crippen LogP) is 1.27. The molecule has 0 bridgehead atoms. The van der Waals surface area contributed by atoms with Crippen LogP contribution in [0.1, 0.15) is 37.4 Å². The lowest BCUT2D eigenvalue weighted by molar-refractivity contribution is -0.0558. The van der Waals surface area contributed by atoms with Crippen LogP contribution >= 0.6 is 0 Å². The molecule has 3 N–H and O–H groups in total. The molecule has 1 saturated heterocycles. The van der Waals surface area contributed by atoms with Crippen molar-refractivity contribution in [2.24, 2.45) is 11.3 Å². The maximum absolute atomic E-state index is 10.7. The summed E-state index contributed by atoms with van der Waals surface area (Å²) in [6.07, 6.45) is 6.68. The van der Waals surface area contributed by atoms with Gasteiger partial charge in [-0.25, -0.2) is 0 Å². The van der Waals surface area contributed by atoms with E-state index < -0.39 is 6.10 Å². The Balaban J connectivity index is 1.46. The number of hydrogen-bond acceptors (Lipinski definition) is 5. The number of rotatable bonds is 5. The van der Waals surface area contributed by atoms with Crippen LogP contribution < -0.4 is 5.32 Å². The van der Waals surface area contributed by atoms with Gasteiger partial charge in [0.25, 0.3) is 0 Å². The van der Waals surface area contributed by atoms with Crippen molar-refractivity contribution in [2.75, 3.05) is 26.3 Å². The van der Waals surface area contributed by atoms with E-state index in [9.17, 15) is 10.2 Å². The van der Waals surface area contributed by atoms with E-state index in [4.69, 9.17) is 4.74 Å². The van der Waals surface area contributed by atoms with Crippen LogP contribution in [-0.4, -0.2) is 47.6 Å². The first kappa shape index (κ1) is 15.9. The summed E-state index contributed by atoms with van der Waals surface area (Å²) in [4.78, 5) is 4.02. The first-order valence-corrected chi connectivity index (χ1v) is 8.26. The average molecular weight is 306 g/mol. The van der Waals surface area contributed by atoms with Gasteiger partial charge in [0.1, 0.15) is 0 Å². The van der Waals surface area contributed by atoms with Gasteiger partial charge < -0.3 is 20.3 Å². The zero-order valence-electron chi connectivity index (χ0n) is 12.9. The first-order valence-electron chi connectivity index (χ1n) is 8.26. The van der Waals surface area contributed by atoms with Crippen molar-refractivity contribution in [3.05, 3.63) is 30.1 Å². The monoisotopic (exact) mass is 306 g/mol. The molecular weight excluding hydrogens is 280 g/mol. The minimum absolute atomic E-state index is 0.0760. The van der Waals surface area contributed by atoms with Gasteiger partial charge in [-0.15, -0.1) is 0 Å². The summed E-state index contributed by atoms with van der Waals surface area (Å²) >= 11 is 0. The van der Waals surface area contributed by atoms with E-state index in [1.807, 2.05) is 12.1 Å². The second-order valence-corrected chi connectivity index (χ2v) is 6.68. The third kappa shape index (κ3) is 3.33. The topological polar surface area (TPSA) is 74.6 Å². The van der Waals surface area contributed by atoms with Crippen LogP contribution in [0.4, 0.5) is 0 Å². The van der Waals surface area contributed by atoms with Crippen molar-refractivity contribution in [1.29, 1.82) is 0 Å². The SMILES string of the molecule is OC(CNCC1CCC2(CCOCC2)C1O)c1cccnc1. The minimum Gasteiger partial charge on any atom is -0.392 e. The molecule has 2 aliphatic rings. The molecule has 2 heterocycles. The molecule has 122 valence electrons. The van der Waals surface area contributed by atoms with Crippen LogP contribution in [-0.2, 0) is 4.74 Å². The molecule has 3 atom stereocenters. The molecule has 1 aliphatic heterocycles. The largest absolute Gasteiger partial charge is 0.392 e. The van der Waals surface area contributed by atoms with Crippen molar-refractivity contribution >= 4 is 0 Å². The van der Waals surface area contributed by atoms with Crippen molar-refractivity contribution in [1.82, 2.24) is 10.3 Å². The minimum atomic E-state index is -0.552. The van der Waals surface area contributed by atoms with Gasteiger partial charge in [0.15, 0.2) is 0 Å². The summed E-state index contributed by atoms with van der Waals surface area (Å²) in [6, 6.07) is 3.70. The van der Waals surface area contributed by atoms with Gasteiger partial charge in [-0.1, -0.05) is 6.07 Å². The molecule has 1 aliphatic carbocycles. The van der Waals surface area contributed by atoms with Crippen molar-refractivity contribution in [2.45, 2.75) is 37.9 Å². The highest BCUT2D eigenvalue weighted by molar-refractivity contribution is 5.12. The summed E-state index contributed by atoms with van der Waals surface area (Å²) in [7, 11) is 0. The molecule has 2 fully saturated rings. The second kappa shape index (κ2) is 7.04. The number of aromatic nitrogens is 1. The molecule has 0 radical (unpaired) electrons. The number of ether oxygens (including phenoxy) is 1. The lowest BCUT2D eigenvalue weighted by Gasteiger charge is -2.37. The second-order valence-electron chi connectivity index (χ2n) is 6.68. The Kier molecular flexibility index (Phi) is 5.08. The molecule has 0 aromatic carbocycles. The van der Waals surface area contributed by atoms with E-state index >= 15 is 0 Å². The molecule has 22 heavy (non-hydrogen) atoms. The Morgan fingerprint density at radius 3 is 2.91 bits per heavy atom. The Labute approximate surface area is 131 Å². The Morgan fingerprint density at radius 1 is 1.36 bits per heavy atom. The van der Waals surface area contributed by atoms with Crippen LogP contribution in [0.25, 0.3) is 0 Å². The van der Waals surface area contributed by atoms with Crippen LogP contribution in [0.15, 0.2) is 24.5 Å². The summed E-state index contributed by atoms with van der Waals surface area (Å²) in [5.41, 5.74) is 0.898. The number of nitrogens with zero attached hydrogens (tertiary/aromatic N) is 1. The summed E-state index contributed by atoms with van der Waals surface area (Å²) in [5.74, 6) is 0.277. The van der Waals surface area contributed by atoms with E-state index in [1.54, 1.807) is 12.4 Å². The highest BCUT2D eigenvalue weighted by atomic mass is 16.5. The van der Waals surface area contributed by atoms with E-state index in [0.717, 1.165) is 51.0 Å². The van der Waals surface area contributed by atoms with Gasteiger partial charge >= 0.3 is 0 Å². The van der Waals surface area contributed by atoms with E-state index in [-0.39, 0.29) is 17.4 Å². The molecule has 1 aromatic heterocycles. The Morgan fingerprint density at radius 2 is 2.18 bits per heavy atom. The van der Waals surface area contributed by atoms with E-state index in [0.29, 0.717) is 6.54 Å². The predicted molar refractivity (Wildman–Crippen MR) is 83.3 cm³/mol. The zero-order valence-corrected chi connectivity index (χ0v) is 12.9. The summed E-state index contributed by atoms with van der Waals surface area (Å²) in [5, 5.41) is 24.1. The summed E-state index contributed by atoms with van der Waals surface area (Å²) in [6.45, 7) is 2.79. The third-order valence-electron chi connectivity index (χ3n) is 5.39. The maximum atomic E-state index is 10.7. The highest BCUT2D eigenvalue weighted by Gasteiger charge is 2.47. The van der Waals surface area contributed by atoms with Crippen molar-refractivity contribution in [3.63, 3.8) is 0 Å². The standard InChI is InChI=1S/C17H26N2O3/c20-15(13-2-1-7-18-10-13)12-19-11-14-3-4-17(16(14)21)5-8-22-9-6-17/h1-2,7,10,14-16,19-21H,3-6,8-9,11-12H2. The fraction of sp³-hybridized carbons (Fsp3) is 0.706. The Hall–Kier alpha value is -1.01. The van der Waals surface area contributed by atoms with Crippen LogP contribution in [0.5, 0.6) is 0 Å². The Bertz CT molecular complexity index is 462. The van der Waals surface area contributed by atoms with Crippen LogP contribution in [0.3, 0.4) is 0 Å². The van der Waals surface area contributed by atoms with E-state index in [2.05, 4.69) is 10.3 Å². The van der Waals surface area contributed by atoms with Gasteiger partial charge in [0.2, 0.25) is 0 Å². The van der Waals surface area contributed by atoms with Crippen LogP contribution in [0, 0.1) is 11.3 Å². The molecule has 5 nitrogen and oxygen atoms in total. The van der Waals surface area contributed by atoms with Gasteiger partial charge in [-0.3, -0.25) is 4.98 Å². The van der Waals surface area contributed by atoms with Crippen molar-refractivity contribution in [3.8, 4) is 0 Å². The van der Waals surface area contributed by atoms with Crippen molar-refractivity contribution < 1.29 is 14.9 Å². The number of pyridine rings is 1. The lowest BCUT2D eigenvalue weighted by atomic mass is 9.76. The van der Waals surface area contributed by atoms with E-state index in [1.165, 1.54) is 0 Å². The number of aliphatic hydroxyl groups excluding tert-OH is 2. The number of hydrogen-bond donors (Lipinski definition) is 3. The fourth-order valence-corrected chi connectivity index (χ4v) is 3.91. The molecule has 3 rings (SSSR count). The molecule has 3 unspecified atom stereocenters. The maximum Gasteiger partial charge on any atom is 0.0929 e. The molecule has 0 amide bonds. The van der Waals surface area contributed by atoms with Crippen LogP contribution in [0.2, 0.25) is 0 Å². The number of nitrogens with one attached hydrogen (secondary N) is 1. The molecule has 1 aromatic rings. The molecule has 1 spiro atoms. The quantitative estimate of drug-likeness (QED) is 0.764. The summed E-state index contributed by atoms with van der Waals surface area (Å²) < 4.78 is 5.44. The lowest BCUT2D eigenvalue weighted by Crippen LogP contribution is -2.41. The molecular formula is C17H26N2O3. The fourth-order valence-electron chi connectivity index (χ4n) is 3.91. The molecule has 5 heteroatoms. The third-order valence-corrected chi connectivity index (χ3v) is 5.39. The smallest absolute Gasteiger partial charge is 0.0929 e. The van der Waals surface area contributed by atoms with Gasteiger partial charge in [0.05, 0.1) is 12.2 Å².